The van der Waals surface area contributed by atoms with Gasteiger partial charge >= 0.3 is 0 Å². The molecule has 124 valence electrons. The first kappa shape index (κ1) is 18.7. The van der Waals surface area contributed by atoms with Crippen molar-refractivity contribution >= 4 is 18.3 Å². The summed E-state index contributed by atoms with van der Waals surface area (Å²) in [5.41, 5.74) is 5.75. The van der Waals surface area contributed by atoms with E-state index in [-0.39, 0.29) is 18.3 Å². The molecule has 21 heavy (non-hydrogen) atoms. The zero-order valence-electron chi connectivity index (χ0n) is 13.5. The topological polar surface area (TPSA) is 58.4 Å². The number of hydrogen-bond acceptors (Lipinski definition) is 3. The quantitative estimate of drug-likeness (QED) is 0.834. The van der Waals surface area contributed by atoms with Crippen LogP contribution in [0, 0.1) is 17.8 Å². The number of carbonyl (C=O) groups excluding carboxylic acids is 1. The van der Waals surface area contributed by atoms with E-state index in [1.54, 1.807) is 0 Å². The second-order valence-corrected chi connectivity index (χ2v) is 6.92. The largest absolute Gasteiger partial charge is 0.352 e. The molecule has 1 heterocycles. The zero-order chi connectivity index (χ0) is 14.5. The lowest BCUT2D eigenvalue weighted by Gasteiger charge is -2.36. The van der Waals surface area contributed by atoms with Gasteiger partial charge in [0.25, 0.3) is 0 Å². The number of amides is 1. The van der Waals surface area contributed by atoms with Gasteiger partial charge in [0.2, 0.25) is 5.91 Å². The van der Waals surface area contributed by atoms with E-state index < -0.39 is 0 Å². The van der Waals surface area contributed by atoms with Crippen molar-refractivity contribution in [2.45, 2.75) is 52.0 Å². The Hall–Kier alpha value is -0.320. The van der Waals surface area contributed by atoms with E-state index in [0.29, 0.717) is 24.4 Å². The lowest BCUT2D eigenvalue weighted by Crippen LogP contribution is -2.49. The molecule has 4 nitrogen and oxygen atoms in total. The average molecular weight is 318 g/mol. The minimum Gasteiger partial charge on any atom is -0.352 e. The van der Waals surface area contributed by atoms with E-state index in [1.165, 1.54) is 25.7 Å². The van der Waals surface area contributed by atoms with Crippen molar-refractivity contribution in [3.8, 4) is 0 Å². The monoisotopic (exact) mass is 317 g/mol. The first-order valence-corrected chi connectivity index (χ1v) is 8.32. The number of rotatable bonds is 4. The van der Waals surface area contributed by atoms with Gasteiger partial charge in [-0.25, -0.2) is 0 Å². The second-order valence-electron chi connectivity index (χ2n) is 6.92. The average Bonchev–Trinajstić information content (AvgIpc) is 2.44. The van der Waals surface area contributed by atoms with Crippen molar-refractivity contribution in [1.29, 1.82) is 0 Å². The van der Waals surface area contributed by atoms with Gasteiger partial charge in [-0.15, -0.1) is 12.4 Å². The number of nitrogens with zero attached hydrogens (tertiary/aromatic N) is 1. The normalized spacial score (nSPS) is 34.0. The van der Waals surface area contributed by atoms with Gasteiger partial charge in [0, 0.05) is 12.6 Å². The Morgan fingerprint density at radius 3 is 2.71 bits per heavy atom. The van der Waals surface area contributed by atoms with E-state index in [4.69, 9.17) is 5.73 Å². The van der Waals surface area contributed by atoms with Crippen LogP contribution in [0.2, 0.25) is 0 Å². The number of halogens is 1. The predicted molar refractivity (Wildman–Crippen MR) is 89.6 cm³/mol. The van der Waals surface area contributed by atoms with Crippen LogP contribution in [-0.2, 0) is 4.79 Å². The molecule has 0 aromatic heterocycles. The van der Waals surface area contributed by atoms with Crippen LogP contribution in [-0.4, -0.2) is 43.0 Å². The summed E-state index contributed by atoms with van der Waals surface area (Å²) in [4.78, 5) is 14.5. The van der Waals surface area contributed by atoms with Crippen LogP contribution in [0.4, 0.5) is 0 Å². The van der Waals surface area contributed by atoms with Crippen molar-refractivity contribution in [2.24, 2.45) is 23.5 Å². The Bertz CT molecular complexity index is 327. The maximum atomic E-state index is 12.2. The fraction of sp³-hybridized carbons (Fsp3) is 0.938. The van der Waals surface area contributed by atoms with Crippen LogP contribution in [0.3, 0.4) is 0 Å². The van der Waals surface area contributed by atoms with Crippen molar-refractivity contribution in [2.75, 3.05) is 26.2 Å². The predicted octanol–water partition coefficient (Wildman–Crippen LogP) is 2.02. The standard InChI is InChI=1S/C16H31N3O.ClH/c1-12-5-3-7-15(13(12)2)18-16(20)11-19-8-4-6-14(9-17)10-19;/h12-15H,3-11,17H2,1-2H3,(H,18,20);1H. The van der Waals surface area contributed by atoms with Gasteiger partial charge in [-0.3, -0.25) is 9.69 Å². The molecule has 3 N–H and O–H groups in total. The van der Waals surface area contributed by atoms with Gasteiger partial charge in [0.1, 0.15) is 0 Å². The summed E-state index contributed by atoms with van der Waals surface area (Å²) in [5.74, 6) is 2.11. The molecule has 1 aliphatic heterocycles. The molecule has 2 aliphatic rings. The van der Waals surface area contributed by atoms with Gasteiger partial charge in [0.05, 0.1) is 6.54 Å². The van der Waals surface area contributed by atoms with Crippen LogP contribution in [0.1, 0.15) is 46.0 Å². The summed E-state index contributed by atoms with van der Waals surface area (Å²) in [5, 5.41) is 3.27. The summed E-state index contributed by atoms with van der Waals surface area (Å²) in [6.45, 7) is 7.91. The molecule has 0 aromatic carbocycles. The van der Waals surface area contributed by atoms with E-state index in [1.807, 2.05) is 0 Å². The third kappa shape index (κ3) is 5.42. The number of likely N-dealkylation sites (tertiary alicyclic amines) is 1. The number of nitrogens with two attached hydrogens (primary N) is 1. The van der Waals surface area contributed by atoms with Gasteiger partial charge in [-0.1, -0.05) is 26.7 Å². The van der Waals surface area contributed by atoms with Crippen molar-refractivity contribution in [1.82, 2.24) is 10.2 Å². The van der Waals surface area contributed by atoms with E-state index >= 15 is 0 Å². The summed E-state index contributed by atoms with van der Waals surface area (Å²) < 4.78 is 0. The van der Waals surface area contributed by atoms with Crippen molar-refractivity contribution in [3.63, 3.8) is 0 Å². The molecule has 2 rings (SSSR count). The van der Waals surface area contributed by atoms with Gasteiger partial charge in [0.15, 0.2) is 0 Å². The number of nitrogens with one attached hydrogen (secondary N) is 1. The minimum atomic E-state index is 0. The number of hydrogen-bond donors (Lipinski definition) is 2. The molecule has 1 saturated heterocycles. The van der Waals surface area contributed by atoms with Crippen LogP contribution in [0.15, 0.2) is 0 Å². The second kappa shape index (κ2) is 8.96. The van der Waals surface area contributed by atoms with Crippen LogP contribution in [0.5, 0.6) is 0 Å². The van der Waals surface area contributed by atoms with Crippen LogP contribution >= 0.6 is 12.4 Å². The molecule has 0 bridgehead atoms. The molecule has 2 fully saturated rings. The first-order valence-electron chi connectivity index (χ1n) is 8.32. The molecule has 1 saturated carbocycles. The zero-order valence-corrected chi connectivity index (χ0v) is 14.3. The molecule has 0 spiro atoms. The molecule has 4 unspecified atom stereocenters. The Labute approximate surface area is 135 Å². The van der Waals surface area contributed by atoms with Gasteiger partial charge < -0.3 is 11.1 Å². The Balaban J connectivity index is 0.00000220. The molecule has 0 aromatic rings. The third-order valence-corrected chi connectivity index (χ3v) is 5.36. The SMILES string of the molecule is CC1CCCC(NC(=O)CN2CCCC(CN)C2)C1C.Cl. The molecule has 1 amide bonds. The maximum Gasteiger partial charge on any atom is 0.234 e. The van der Waals surface area contributed by atoms with E-state index in [0.717, 1.165) is 32.0 Å². The van der Waals surface area contributed by atoms with Crippen LogP contribution in [0.25, 0.3) is 0 Å². The molecule has 5 heteroatoms. The van der Waals surface area contributed by atoms with Crippen molar-refractivity contribution in [3.05, 3.63) is 0 Å². The molecular weight excluding hydrogens is 286 g/mol. The highest BCUT2D eigenvalue weighted by atomic mass is 35.5. The minimum absolute atomic E-state index is 0. The highest BCUT2D eigenvalue weighted by Crippen LogP contribution is 2.29. The highest BCUT2D eigenvalue weighted by molar-refractivity contribution is 5.85. The Morgan fingerprint density at radius 1 is 1.24 bits per heavy atom. The van der Waals surface area contributed by atoms with Gasteiger partial charge in [-0.2, -0.15) is 0 Å². The summed E-state index contributed by atoms with van der Waals surface area (Å²) in [6.07, 6.45) is 6.08. The summed E-state index contributed by atoms with van der Waals surface area (Å²) in [6, 6.07) is 0.376. The van der Waals surface area contributed by atoms with E-state index in [9.17, 15) is 4.79 Å². The van der Waals surface area contributed by atoms with Gasteiger partial charge in [-0.05, 0) is 50.1 Å². The highest BCUT2D eigenvalue weighted by Gasteiger charge is 2.29. The molecule has 1 aliphatic carbocycles. The third-order valence-electron chi connectivity index (χ3n) is 5.36. The summed E-state index contributed by atoms with van der Waals surface area (Å²) >= 11 is 0. The lowest BCUT2D eigenvalue weighted by atomic mass is 9.78. The molecular formula is C16H32ClN3O. The molecule has 4 atom stereocenters. The fourth-order valence-electron chi connectivity index (χ4n) is 3.73. The number of piperidine rings is 1. The van der Waals surface area contributed by atoms with E-state index in [2.05, 4.69) is 24.1 Å². The Kier molecular flexibility index (Phi) is 7.99. The maximum absolute atomic E-state index is 12.2. The molecule has 0 radical (unpaired) electrons. The first-order chi connectivity index (χ1) is 9.60. The smallest absolute Gasteiger partial charge is 0.234 e. The number of carbonyl (C=O) groups is 1. The fourth-order valence-corrected chi connectivity index (χ4v) is 3.73. The van der Waals surface area contributed by atoms with Crippen molar-refractivity contribution < 1.29 is 4.79 Å². The summed E-state index contributed by atoms with van der Waals surface area (Å²) in [7, 11) is 0. The lowest BCUT2D eigenvalue weighted by molar-refractivity contribution is -0.124. The Morgan fingerprint density at radius 2 is 2.00 bits per heavy atom. The van der Waals surface area contributed by atoms with Crippen LogP contribution < -0.4 is 11.1 Å².